The molecule has 2 N–H and O–H groups in total. The number of rotatable bonds is 0. The number of nitrogens with zero attached hydrogens (tertiary/aromatic N) is 1. The highest BCUT2D eigenvalue weighted by Gasteiger charge is 2.14. The maximum absolute atomic E-state index is 12.9. The van der Waals surface area contributed by atoms with Gasteiger partial charge in [0, 0.05) is 6.42 Å². The fourth-order valence-electron chi connectivity index (χ4n) is 1.21. The molecular weight excluding hydrogens is 143 g/mol. The molecule has 0 radical (unpaired) electrons. The van der Waals surface area contributed by atoms with Crippen molar-refractivity contribution in [3.05, 3.63) is 29.6 Å². The van der Waals surface area contributed by atoms with E-state index in [-0.39, 0.29) is 5.82 Å². The van der Waals surface area contributed by atoms with Gasteiger partial charge in [0.2, 0.25) is 0 Å². The molecule has 0 saturated heterocycles. The minimum absolute atomic E-state index is 0.289. The van der Waals surface area contributed by atoms with Crippen LogP contribution in [0.25, 0.3) is 0 Å². The van der Waals surface area contributed by atoms with Crippen molar-refractivity contribution in [1.82, 2.24) is 0 Å². The van der Waals surface area contributed by atoms with Gasteiger partial charge in [-0.3, -0.25) is 0 Å². The van der Waals surface area contributed by atoms with Crippen LogP contribution in [0.4, 0.5) is 10.1 Å². The number of para-hydroxylation sites is 1. The highest BCUT2D eigenvalue weighted by atomic mass is 19.1. The van der Waals surface area contributed by atoms with Crippen LogP contribution in [-0.2, 0) is 6.42 Å². The number of halogens is 1. The Hall–Kier alpha value is -1.38. The molecule has 0 saturated carbocycles. The van der Waals surface area contributed by atoms with Crippen LogP contribution in [0, 0.1) is 5.82 Å². The molecule has 11 heavy (non-hydrogen) atoms. The fourth-order valence-corrected chi connectivity index (χ4v) is 1.21. The van der Waals surface area contributed by atoms with Crippen LogP contribution in [0.1, 0.15) is 5.56 Å². The van der Waals surface area contributed by atoms with Crippen molar-refractivity contribution in [1.29, 1.82) is 0 Å². The van der Waals surface area contributed by atoms with Gasteiger partial charge in [-0.25, -0.2) is 9.38 Å². The number of benzene rings is 1. The standard InChI is InChI=1S/C8H7FN2/c9-6-3-1-2-5-4-7(10)11-8(5)6/h1-3H,4H2,(H2,10,11). The van der Waals surface area contributed by atoms with Crippen molar-refractivity contribution in [2.24, 2.45) is 10.7 Å². The summed E-state index contributed by atoms with van der Waals surface area (Å²) < 4.78 is 12.9. The van der Waals surface area contributed by atoms with Gasteiger partial charge in [0.05, 0.1) is 0 Å². The van der Waals surface area contributed by atoms with E-state index in [4.69, 9.17) is 5.73 Å². The topological polar surface area (TPSA) is 38.4 Å². The van der Waals surface area contributed by atoms with Crippen molar-refractivity contribution < 1.29 is 4.39 Å². The van der Waals surface area contributed by atoms with Crippen LogP contribution >= 0.6 is 0 Å². The van der Waals surface area contributed by atoms with Crippen molar-refractivity contribution in [2.45, 2.75) is 6.42 Å². The quantitative estimate of drug-likeness (QED) is 0.596. The van der Waals surface area contributed by atoms with Gasteiger partial charge in [0.25, 0.3) is 0 Å². The highest BCUT2D eigenvalue weighted by Crippen LogP contribution is 2.27. The van der Waals surface area contributed by atoms with Crippen LogP contribution in [0.5, 0.6) is 0 Å². The van der Waals surface area contributed by atoms with E-state index in [2.05, 4.69) is 4.99 Å². The number of aliphatic imine (C=N–C) groups is 1. The monoisotopic (exact) mass is 150 g/mol. The van der Waals surface area contributed by atoms with E-state index in [1.807, 2.05) is 6.07 Å². The summed E-state index contributed by atoms with van der Waals surface area (Å²) >= 11 is 0. The van der Waals surface area contributed by atoms with Crippen LogP contribution in [-0.4, -0.2) is 5.84 Å². The Morgan fingerprint density at radius 2 is 2.27 bits per heavy atom. The average Bonchev–Trinajstić information content (AvgIpc) is 2.31. The lowest BCUT2D eigenvalue weighted by Gasteiger charge is -1.94. The minimum atomic E-state index is -0.289. The zero-order valence-electron chi connectivity index (χ0n) is 5.84. The van der Waals surface area contributed by atoms with Gasteiger partial charge < -0.3 is 5.73 Å². The molecule has 0 atom stereocenters. The normalized spacial score (nSPS) is 14.5. The Labute approximate surface area is 63.6 Å². The van der Waals surface area contributed by atoms with Gasteiger partial charge in [0.15, 0.2) is 0 Å². The molecule has 0 aromatic heterocycles. The Balaban J connectivity index is 2.61. The minimum Gasteiger partial charge on any atom is -0.387 e. The first-order valence-electron chi connectivity index (χ1n) is 3.38. The SMILES string of the molecule is NC1=Nc2c(F)cccc2C1. The first kappa shape index (κ1) is 6.34. The second-order valence-corrected chi connectivity index (χ2v) is 2.53. The predicted octanol–water partition coefficient (Wildman–Crippen LogP) is 1.37. The molecule has 2 nitrogen and oxygen atoms in total. The molecule has 1 aromatic rings. The van der Waals surface area contributed by atoms with Gasteiger partial charge in [-0.05, 0) is 11.6 Å². The fraction of sp³-hybridized carbons (Fsp3) is 0.125. The summed E-state index contributed by atoms with van der Waals surface area (Å²) in [6.45, 7) is 0. The molecule has 0 bridgehead atoms. The number of hydrogen-bond acceptors (Lipinski definition) is 2. The molecule has 0 fully saturated rings. The second-order valence-electron chi connectivity index (χ2n) is 2.53. The molecule has 1 aliphatic heterocycles. The van der Waals surface area contributed by atoms with E-state index < -0.39 is 0 Å². The average molecular weight is 150 g/mol. The molecule has 1 aromatic carbocycles. The van der Waals surface area contributed by atoms with Crippen molar-refractivity contribution >= 4 is 11.5 Å². The van der Waals surface area contributed by atoms with Gasteiger partial charge in [-0.2, -0.15) is 0 Å². The summed E-state index contributed by atoms with van der Waals surface area (Å²) in [5.74, 6) is 0.202. The molecule has 0 aliphatic carbocycles. The van der Waals surface area contributed by atoms with Gasteiger partial charge in [-0.15, -0.1) is 0 Å². The number of nitrogens with two attached hydrogens (primary N) is 1. The van der Waals surface area contributed by atoms with E-state index in [0.717, 1.165) is 5.56 Å². The van der Waals surface area contributed by atoms with Crippen molar-refractivity contribution in [2.75, 3.05) is 0 Å². The maximum Gasteiger partial charge on any atom is 0.149 e. The molecule has 3 heteroatoms. The number of hydrogen-bond donors (Lipinski definition) is 1. The van der Waals surface area contributed by atoms with Crippen LogP contribution < -0.4 is 5.73 Å². The number of fused-ring (bicyclic) bond motifs is 1. The second kappa shape index (κ2) is 2.05. The maximum atomic E-state index is 12.9. The third-order valence-corrected chi connectivity index (χ3v) is 1.70. The van der Waals surface area contributed by atoms with Crippen LogP contribution in [0.3, 0.4) is 0 Å². The Kier molecular flexibility index (Phi) is 1.18. The van der Waals surface area contributed by atoms with Gasteiger partial charge in [-0.1, -0.05) is 12.1 Å². The van der Waals surface area contributed by atoms with E-state index in [0.29, 0.717) is 17.9 Å². The Bertz CT molecular complexity index is 331. The molecule has 0 amide bonds. The summed E-state index contributed by atoms with van der Waals surface area (Å²) in [5.41, 5.74) is 6.72. The third kappa shape index (κ3) is 0.888. The van der Waals surface area contributed by atoms with Crippen LogP contribution in [0.2, 0.25) is 0 Å². The summed E-state index contributed by atoms with van der Waals surface area (Å²) in [6.07, 6.45) is 0.576. The Morgan fingerprint density at radius 3 is 3.00 bits per heavy atom. The first-order chi connectivity index (χ1) is 5.27. The summed E-state index contributed by atoms with van der Waals surface area (Å²) in [7, 11) is 0. The van der Waals surface area contributed by atoms with E-state index in [1.54, 1.807) is 6.07 Å². The third-order valence-electron chi connectivity index (χ3n) is 1.70. The largest absolute Gasteiger partial charge is 0.387 e. The lowest BCUT2D eigenvalue weighted by molar-refractivity contribution is 0.629. The molecule has 1 heterocycles. The molecule has 0 spiro atoms. The van der Waals surface area contributed by atoms with E-state index in [9.17, 15) is 4.39 Å². The van der Waals surface area contributed by atoms with Crippen LogP contribution in [0.15, 0.2) is 23.2 Å². The number of amidine groups is 1. The first-order valence-corrected chi connectivity index (χ1v) is 3.38. The smallest absolute Gasteiger partial charge is 0.149 e. The lowest BCUT2D eigenvalue weighted by atomic mass is 10.1. The van der Waals surface area contributed by atoms with E-state index in [1.165, 1.54) is 6.07 Å². The predicted molar refractivity (Wildman–Crippen MR) is 41.4 cm³/mol. The molecule has 0 unspecified atom stereocenters. The highest BCUT2D eigenvalue weighted by molar-refractivity contribution is 5.90. The summed E-state index contributed by atoms with van der Waals surface area (Å²) in [4.78, 5) is 3.87. The van der Waals surface area contributed by atoms with Gasteiger partial charge >= 0.3 is 0 Å². The molecule has 1 aliphatic rings. The Morgan fingerprint density at radius 1 is 1.45 bits per heavy atom. The van der Waals surface area contributed by atoms with Gasteiger partial charge in [0.1, 0.15) is 17.3 Å². The molecule has 56 valence electrons. The summed E-state index contributed by atoms with van der Waals surface area (Å²) in [5, 5.41) is 0. The van der Waals surface area contributed by atoms with Crippen molar-refractivity contribution in [3.8, 4) is 0 Å². The summed E-state index contributed by atoms with van der Waals surface area (Å²) in [6, 6.07) is 4.89. The van der Waals surface area contributed by atoms with Crippen molar-refractivity contribution in [3.63, 3.8) is 0 Å². The lowest BCUT2D eigenvalue weighted by Crippen LogP contribution is -2.09. The zero-order valence-corrected chi connectivity index (χ0v) is 5.84. The van der Waals surface area contributed by atoms with E-state index >= 15 is 0 Å². The zero-order chi connectivity index (χ0) is 7.84. The molecule has 2 rings (SSSR count). The molecular formula is C8H7FN2.